The van der Waals surface area contributed by atoms with E-state index in [9.17, 15) is 9.59 Å². The Morgan fingerprint density at radius 2 is 1.94 bits per heavy atom. The highest BCUT2D eigenvalue weighted by Gasteiger charge is 2.10. The molecule has 2 heterocycles. The molecule has 11 heteroatoms. The lowest BCUT2D eigenvalue weighted by molar-refractivity contribution is -0.117. The zero-order chi connectivity index (χ0) is 24.4. The number of nitrogens with one attached hydrogen (secondary N) is 2. The summed E-state index contributed by atoms with van der Waals surface area (Å²) in [5.74, 6) is 0.0903. The smallest absolute Gasteiger partial charge is 0.280 e. The van der Waals surface area contributed by atoms with Crippen LogP contribution in [0.15, 0.2) is 29.3 Å². The summed E-state index contributed by atoms with van der Waals surface area (Å²) in [6.07, 6.45) is 1.43. The van der Waals surface area contributed by atoms with Crippen LogP contribution in [0.4, 0.5) is 11.6 Å². The highest BCUT2D eigenvalue weighted by atomic mass is 16.5. The first kappa shape index (κ1) is 26.0. The van der Waals surface area contributed by atoms with Crippen molar-refractivity contribution in [3.8, 4) is 0 Å². The molecule has 0 aliphatic heterocycles. The van der Waals surface area contributed by atoms with Crippen LogP contribution in [-0.4, -0.2) is 68.3 Å². The van der Waals surface area contributed by atoms with Gasteiger partial charge in [-0.2, -0.15) is 4.98 Å². The first-order chi connectivity index (χ1) is 15.8. The molecule has 0 bridgehead atoms. The van der Waals surface area contributed by atoms with Gasteiger partial charge in [-0.1, -0.05) is 32.0 Å². The maximum Gasteiger partial charge on any atom is 0.280 e. The Morgan fingerprint density at radius 3 is 2.55 bits per heavy atom. The average Bonchev–Trinajstić information content (AvgIpc) is 3.18. The minimum absolute atomic E-state index is 0.0291. The number of nitrogen functional groups attached to an aromatic ring is 1. The molecule has 1 amide bonds. The van der Waals surface area contributed by atoms with Crippen LogP contribution in [0.2, 0.25) is 0 Å². The number of aliphatic hydroxyl groups excluding tert-OH is 1. The summed E-state index contributed by atoms with van der Waals surface area (Å²) in [6, 6.07) is 6.03. The Morgan fingerprint density at radius 1 is 1.27 bits per heavy atom. The minimum atomic E-state index is -0.386. The van der Waals surface area contributed by atoms with E-state index in [-0.39, 0.29) is 42.9 Å². The maximum atomic E-state index is 11.9. The van der Waals surface area contributed by atoms with E-state index in [1.165, 1.54) is 10.9 Å². The van der Waals surface area contributed by atoms with Crippen LogP contribution in [0, 0.1) is 13.8 Å². The predicted octanol–water partition coefficient (Wildman–Crippen LogP) is 1.25. The number of anilines is 2. The molecule has 0 spiro atoms. The predicted molar refractivity (Wildman–Crippen MR) is 128 cm³/mol. The van der Waals surface area contributed by atoms with Gasteiger partial charge in [0.2, 0.25) is 11.9 Å². The van der Waals surface area contributed by atoms with E-state index < -0.39 is 0 Å². The number of rotatable bonds is 9. The van der Waals surface area contributed by atoms with Crippen LogP contribution in [0.1, 0.15) is 25.0 Å². The molecular weight excluding hydrogens is 426 g/mol. The lowest BCUT2D eigenvalue weighted by Crippen LogP contribution is -2.33. The maximum absolute atomic E-state index is 11.9. The number of amides is 1. The Labute approximate surface area is 192 Å². The minimum Gasteiger partial charge on any atom is -0.394 e. The van der Waals surface area contributed by atoms with Gasteiger partial charge in [0.1, 0.15) is 6.73 Å². The van der Waals surface area contributed by atoms with Gasteiger partial charge >= 0.3 is 0 Å². The highest BCUT2D eigenvalue weighted by Crippen LogP contribution is 2.19. The standard InChI is InChI=1S/C14H22N2O.C8H11N5O3/c1-5-16(6-2)10-13(17)15-14-11(3)8-7-9-12(14)4;9-8-11-6-5(7(15)12-8)10-3-13(6)4-16-2-1-14/h7-9H,5-6,10H2,1-4H3,(H,15,17);3,14H,1-2,4H2,(H3,9,11,12,15). The molecule has 11 nitrogen and oxygen atoms in total. The summed E-state index contributed by atoms with van der Waals surface area (Å²) >= 11 is 0. The number of imidazole rings is 1. The summed E-state index contributed by atoms with van der Waals surface area (Å²) in [5, 5.41) is 11.6. The first-order valence-electron chi connectivity index (χ1n) is 10.8. The number of aliphatic hydroxyl groups is 1. The van der Waals surface area contributed by atoms with Gasteiger partial charge in [-0.05, 0) is 38.1 Å². The molecule has 0 aliphatic rings. The van der Waals surface area contributed by atoms with Crippen molar-refractivity contribution in [2.24, 2.45) is 0 Å². The number of ether oxygens (including phenoxy) is 1. The fraction of sp³-hybridized carbons (Fsp3) is 0.455. The fourth-order valence-corrected chi connectivity index (χ4v) is 3.13. The van der Waals surface area contributed by atoms with Gasteiger partial charge in [0.25, 0.3) is 5.56 Å². The molecule has 0 atom stereocenters. The number of benzene rings is 1. The van der Waals surface area contributed by atoms with E-state index in [1.807, 2.05) is 32.0 Å². The molecule has 0 unspecified atom stereocenters. The molecule has 33 heavy (non-hydrogen) atoms. The van der Waals surface area contributed by atoms with Crippen molar-refractivity contribution in [3.05, 3.63) is 46.0 Å². The molecule has 5 N–H and O–H groups in total. The number of carbonyl (C=O) groups excluding carboxylic acids is 1. The Kier molecular flexibility index (Phi) is 9.98. The summed E-state index contributed by atoms with van der Waals surface area (Å²) in [5.41, 5.74) is 8.77. The number of nitrogens with zero attached hydrogens (tertiary/aromatic N) is 4. The number of H-pyrrole nitrogens is 1. The molecule has 180 valence electrons. The largest absolute Gasteiger partial charge is 0.394 e. The molecule has 0 radical (unpaired) electrons. The van der Waals surface area contributed by atoms with E-state index in [0.717, 1.165) is 29.9 Å². The van der Waals surface area contributed by atoms with Crippen LogP contribution >= 0.6 is 0 Å². The van der Waals surface area contributed by atoms with Gasteiger partial charge in [-0.3, -0.25) is 24.0 Å². The van der Waals surface area contributed by atoms with Crippen LogP contribution in [-0.2, 0) is 16.3 Å². The van der Waals surface area contributed by atoms with Gasteiger partial charge in [-0.15, -0.1) is 0 Å². The number of para-hydroxylation sites is 1. The van der Waals surface area contributed by atoms with Gasteiger partial charge in [0.15, 0.2) is 11.2 Å². The lowest BCUT2D eigenvalue weighted by atomic mass is 10.1. The first-order valence-corrected chi connectivity index (χ1v) is 10.8. The molecule has 1 aromatic carbocycles. The van der Waals surface area contributed by atoms with E-state index in [2.05, 4.69) is 39.0 Å². The Hall–Kier alpha value is -3.28. The normalized spacial score (nSPS) is 10.8. The van der Waals surface area contributed by atoms with Crippen LogP contribution < -0.4 is 16.6 Å². The molecule has 0 saturated heterocycles. The van der Waals surface area contributed by atoms with Crippen molar-refractivity contribution >= 4 is 28.7 Å². The fourth-order valence-electron chi connectivity index (χ4n) is 3.13. The van der Waals surface area contributed by atoms with E-state index in [0.29, 0.717) is 12.2 Å². The van der Waals surface area contributed by atoms with Crippen LogP contribution in [0.5, 0.6) is 0 Å². The van der Waals surface area contributed by atoms with Crippen LogP contribution in [0.3, 0.4) is 0 Å². The van der Waals surface area contributed by atoms with E-state index >= 15 is 0 Å². The van der Waals surface area contributed by atoms with Crippen molar-refractivity contribution in [2.45, 2.75) is 34.4 Å². The third kappa shape index (κ3) is 7.38. The lowest BCUT2D eigenvalue weighted by Gasteiger charge is -2.18. The van der Waals surface area contributed by atoms with Crippen molar-refractivity contribution in [1.82, 2.24) is 24.4 Å². The number of hydrogen-bond donors (Lipinski definition) is 4. The molecule has 3 aromatic rings. The summed E-state index contributed by atoms with van der Waals surface area (Å²) in [7, 11) is 0. The zero-order valence-electron chi connectivity index (χ0n) is 19.6. The monoisotopic (exact) mass is 459 g/mol. The van der Waals surface area contributed by atoms with Gasteiger partial charge in [-0.25, -0.2) is 4.98 Å². The number of likely N-dealkylation sites (N-methyl/N-ethyl adjacent to an activating group) is 1. The second-order valence-corrected chi connectivity index (χ2v) is 7.38. The molecule has 0 fully saturated rings. The number of fused-ring (bicyclic) bond motifs is 1. The third-order valence-electron chi connectivity index (χ3n) is 4.97. The van der Waals surface area contributed by atoms with Crippen LogP contribution in [0.25, 0.3) is 11.2 Å². The second-order valence-electron chi connectivity index (χ2n) is 7.38. The SMILES string of the molecule is CCN(CC)CC(=O)Nc1c(C)cccc1C.Nc1nc2c(ncn2COCCO)c(=O)[nH]1. The quantitative estimate of drug-likeness (QED) is 0.349. The van der Waals surface area contributed by atoms with Crippen molar-refractivity contribution in [2.75, 3.05) is 43.9 Å². The van der Waals surface area contributed by atoms with Crippen molar-refractivity contribution < 1.29 is 14.6 Å². The van der Waals surface area contributed by atoms with Gasteiger partial charge < -0.3 is 20.9 Å². The van der Waals surface area contributed by atoms with E-state index in [1.54, 1.807) is 0 Å². The average molecular weight is 460 g/mol. The van der Waals surface area contributed by atoms with E-state index in [4.69, 9.17) is 15.6 Å². The summed E-state index contributed by atoms with van der Waals surface area (Å²) in [4.78, 5) is 35.6. The zero-order valence-corrected chi connectivity index (χ0v) is 19.6. The number of nitrogens with two attached hydrogens (primary N) is 1. The molecule has 3 rings (SSSR count). The Balaban J connectivity index is 0.000000234. The molecule has 0 aliphatic carbocycles. The molecular formula is C22H33N7O4. The number of hydrogen-bond acceptors (Lipinski definition) is 8. The number of aromatic nitrogens is 4. The second kappa shape index (κ2) is 12.7. The summed E-state index contributed by atoms with van der Waals surface area (Å²) < 4.78 is 6.63. The number of aromatic amines is 1. The highest BCUT2D eigenvalue weighted by molar-refractivity contribution is 5.93. The van der Waals surface area contributed by atoms with Crippen molar-refractivity contribution in [3.63, 3.8) is 0 Å². The number of carbonyl (C=O) groups is 1. The summed E-state index contributed by atoms with van der Waals surface area (Å²) in [6.45, 7) is 10.7. The topological polar surface area (TPSA) is 151 Å². The third-order valence-corrected chi connectivity index (χ3v) is 4.97. The Bertz CT molecular complexity index is 1090. The van der Waals surface area contributed by atoms with Gasteiger partial charge in [0, 0.05) is 5.69 Å². The van der Waals surface area contributed by atoms with Gasteiger partial charge in [0.05, 0.1) is 26.1 Å². The van der Waals surface area contributed by atoms with Crippen molar-refractivity contribution in [1.29, 1.82) is 0 Å². The number of aryl methyl sites for hydroxylation is 2. The molecule has 0 saturated carbocycles. The molecule has 2 aromatic heterocycles.